The Hall–Kier alpha value is -1.03. The summed E-state index contributed by atoms with van der Waals surface area (Å²) in [5.41, 5.74) is -0.348. The third kappa shape index (κ3) is 2.48. The van der Waals surface area contributed by atoms with Gasteiger partial charge in [0.05, 0.1) is 19.3 Å². The van der Waals surface area contributed by atoms with Crippen LogP contribution < -0.4 is 5.32 Å². The zero-order valence-electron chi connectivity index (χ0n) is 8.71. The molecule has 1 aliphatic rings. The first-order valence-corrected chi connectivity index (χ1v) is 4.68. The minimum absolute atomic E-state index is 0.126. The minimum atomic E-state index is -0.348. The van der Waals surface area contributed by atoms with E-state index in [9.17, 15) is 4.79 Å². The van der Waals surface area contributed by atoms with Crippen LogP contribution >= 0.6 is 0 Å². The van der Waals surface area contributed by atoms with Gasteiger partial charge in [-0.15, -0.1) is 0 Å². The Labute approximate surface area is 84.3 Å². The van der Waals surface area contributed by atoms with Crippen molar-refractivity contribution in [2.24, 2.45) is 5.92 Å². The molecule has 0 radical (unpaired) electrons. The summed E-state index contributed by atoms with van der Waals surface area (Å²) in [6.07, 6.45) is 2.08. The maximum Gasteiger partial charge on any atom is 0.310 e. The second-order valence-corrected chi connectivity index (χ2v) is 3.79. The summed E-state index contributed by atoms with van der Waals surface area (Å²) in [6, 6.07) is 0. The monoisotopic (exact) mass is 199 g/mol. The van der Waals surface area contributed by atoms with Crippen LogP contribution in [0.5, 0.6) is 0 Å². The van der Waals surface area contributed by atoms with E-state index in [1.807, 2.05) is 6.92 Å². The molecule has 14 heavy (non-hydrogen) atoms. The summed E-state index contributed by atoms with van der Waals surface area (Å²) in [7, 11) is 1.41. The van der Waals surface area contributed by atoms with E-state index in [1.165, 1.54) is 13.4 Å². The molecule has 4 nitrogen and oxygen atoms in total. The lowest BCUT2D eigenvalue weighted by atomic mass is 9.88. The van der Waals surface area contributed by atoms with Crippen molar-refractivity contribution in [1.29, 1.82) is 0 Å². The molecule has 0 aliphatic carbocycles. The largest absolute Gasteiger partial charge is 0.494 e. The van der Waals surface area contributed by atoms with Gasteiger partial charge in [-0.05, 0) is 6.92 Å². The summed E-state index contributed by atoms with van der Waals surface area (Å²) in [4.78, 5) is 11.3. The predicted molar refractivity (Wildman–Crippen MR) is 52.7 cm³/mol. The highest BCUT2D eigenvalue weighted by molar-refractivity contribution is 5.72. The van der Waals surface area contributed by atoms with E-state index in [4.69, 9.17) is 9.47 Å². The third-order valence-corrected chi connectivity index (χ3v) is 2.47. The molecular weight excluding hydrogens is 182 g/mol. The molecule has 1 aliphatic heterocycles. The number of ether oxygens (including phenoxy) is 2. The van der Waals surface area contributed by atoms with E-state index in [0.29, 0.717) is 13.0 Å². The van der Waals surface area contributed by atoms with Gasteiger partial charge in [0.15, 0.2) is 0 Å². The Balaban J connectivity index is 2.58. The van der Waals surface area contributed by atoms with E-state index in [1.54, 1.807) is 0 Å². The van der Waals surface area contributed by atoms with Crippen molar-refractivity contribution in [3.8, 4) is 0 Å². The topological polar surface area (TPSA) is 47.6 Å². The fraction of sp³-hybridized carbons (Fsp3) is 0.700. The van der Waals surface area contributed by atoms with Gasteiger partial charge < -0.3 is 14.8 Å². The Morgan fingerprint density at radius 3 is 3.00 bits per heavy atom. The van der Waals surface area contributed by atoms with Gasteiger partial charge in [0.25, 0.3) is 0 Å². The second kappa shape index (κ2) is 4.46. The van der Waals surface area contributed by atoms with Crippen LogP contribution in [0.4, 0.5) is 0 Å². The molecule has 0 aromatic heterocycles. The molecule has 1 rings (SSSR count). The van der Waals surface area contributed by atoms with E-state index < -0.39 is 0 Å². The molecular formula is C10H17NO3. The molecule has 0 amide bonds. The number of carbonyl (C=O) groups excluding carboxylic acids is 1. The molecule has 80 valence electrons. The first-order valence-electron chi connectivity index (χ1n) is 4.68. The lowest BCUT2D eigenvalue weighted by molar-refractivity contribution is -0.149. The molecule has 1 saturated heterocycles. The van der Waals surface area contributed by atoms with Gasteiger partial charge in [-0.3, -0.25) is 4.79 Å². The number of rotatable bonds is 3. The van der Waals surface area contributed by atoms with Crippen LogP contribution in [0.15, 0.2) is 12.8 Å². The van der Waals surface area contributed by atoms with Crippen molar-refractivity contribution >= 4 is 5.97 Å². The highest BCUT2D eigenvalue weighted by Gasteiger charge is 2.36. The van der Waals surface area contributed by atoms with E-state index in [0.717, 1.165) is 6.54 Å². The molecule has 0 saturated carbocycles. The molecule has 1 fully saturated rings. The zero-order chi connectivity index (χ0) is 10.6. The SMILES string of the molecule is C=CO[C@]1(C)CNC[C@H](C(=O)OC)C1. The van der Waals surface area contributed by atoms with Crippen LogP contribution in [0.3, 0.4) is 0 Å². The number of nitrogens with one attached hydrogen (secondary N) is 1. The normalized spacial score (nSPS) is 32.0. The van der Waals surface area contributed by atoms with Gasteiger partial charge in [0.2, 0.25) is 0 Å². The lowest BCUT2D eigenvalue weighted by Crippen LogP contribution is -2.50. The van der Waals surface area contributed by atoms with Crippen molar-refractivity contribution in [2.45, 2.75) is 18.9 Å². The van der Waals surface area contributed by atoms with E-state index in [-0.39, 0.29) is 17.5 Å². The summed E-state index contributed by atoms with van der Waals surface area (Å²) in [5.74, 6) is -0.310. The molecule has 2 atom stereocenters. The standard InChI is InChI=1S/C10H17NO3/c1-4-14-10(2)5-8(6-11-7-10)9(12)13-3/h4,8,11H,1,5-7H2,2-3H3/t8-,10+/m1/s1. The summed E-state index contributed by atoms with van der Waals surface area (Å²) >= 11 is 0. The fourth-order valence-corrected chi connectivity index (χ4v) is 1.80. The molecule has 0 spiro atoms. The highest BCUT2D eigenvalue weighted by Crippen LogP contribution is 2.25. The Bertz CT molecular complexity index is 229. The van der Waals surface area contributed by atoms with Crippen molar-refractivity contribution in [1.82, 2.24) is 5.32 Å². The van der Waals surface area contributed by atoms with Gasteiger partial charge >= 0.3 is 5.97 Å². The van der Waals surface area contributed by atoms with Crippen molar-refractivity contribution < 1.29 is 14.3 Å². The molecule has 0 unspecified atom stereocenters. The summed E-state index contributed by atoms with van der Waals surface area (Å²) in [5, 5.41) is 3.15. The van der Waals surface area contributed by atoms with Crippen molar-refractivity contribution in [3.63, 3.8) is 0 Å². The van der Waals surface area contributed by atoms with Crippen LogP contribution in [-0.2, 0) is 14.3 Å². The fourth-order valence-electron chi connectivity index (χ4n) is 1.80. The van der Waals surface area contributed by atoms with Gasteiger partial charge in [0.1, 0.15) is 5.60 Å². The quantitative estimate of drug-likeness (QED) is 0.536. The first-order chi connectivity index (χ1) is 6.61. The van der Waals surface area contributed by atoms with E-state index >= 15 is 0 Å². The number of piperidine rings is 1. The number of esters is 1. The smallest absolute Gasteiger partial charge is 0.310 e. The van der Waals surface area contributed by atoms with Gasteiger partial charge in [-0.25, -0.2) is 0 Å². The van der Waals surface area contributed by atoms with Crippen molar-refractivity contribution in [2.75, 3.05) is 20.2 Å². The van der Waals surface area contributed by atoms with E-state index in [2.05, 4.69) is 11.9 Å². The molecule has 0 bridgehead atoms. The maximum atomic E-state index is 11.3. The average molecular weight is 199 g/mol. The maximum absolute atomic E-state index is 11.3. The zero-order valence-corrected chi connectivity index (χ0v) is 8.71. The van der Waals surface area contributed by atoms with Crippen LogP contribution in [0.25, 0.3) is 0 Å². The lowest BCUT2D eigenvalue weighted by Gasteiger charge is -2.36. The molecule has 0 aromatic carbocycles. The molecule has 1 heterocycles. The molecule has 4 heteroatoms. The second-order valence-electron chi connectivity index (χ2n) is 3.79. The Morgan fingerprint density at radius 2 is 2.43 bits per heavy atom. The number of hydrogen-bond donors (Lipinski definition) is 1. The van der Waals surface area contributed by atoms with Crippen LogP contribution in [0.1, 0.15) is 13.3 Å². The van der Waals surface area contributed by atoms with Crippen LogP contribution in [-0.4, -0.2) is 31.8 Å². The van der Waals surface area contributed by atoms with Crippen LogP contribution in [0, 0.1) is 5.92 Å². The van der Waals surface area contributed by atoms with Crippen molar-refractivity contribution in [3.05, 3.63) is 12.8 Å². The first kappa shape index (κ1) is 11.0. The minimum Gasteiger partial charge on any atom is -0.494 e. The van der Waals surface area contributed by atoms with Gasteiger partial charge in [-0.1, -0.05) is 6.58 Å². The van der Waals surface area contributed by atoms with Crippen LogP contribution in [0.2, 0.25) is 0 Å². The average Bonchev–Trinajstić information content (AvgIpc) is 2.16. The summed E-state index contributed by atoms with van der Waals surface area (Å²) in [6.45, 7) is 6.86. The number of carbonyl (C=O) groups is 1. The summed E-state index contributed by atoms with van der Waals surface area (Å²) < 4.78 is 10.1. The molecule has 1 N–H and O–H groups in total. The van der Waals surface area contributed by atoms with Gasteiger partial charge in [-0.2, -0.15) is 0 Å². The third-order valence-electron chi connectivity index (χ3n) is 2.47. The Kier molecular flexibility index (Phi) is 3.52. The Morgan fingerprint density at radius 1 is 1.71 bits per heavy atom. The number of hydrogen-bond acceptors (Lipinski definition) is 4. The van der Waals surface area contributed by atoms with Gasteiger partial charge in [0, 0.05) is 19.5 Å². The molecule has 0 aromatic rings. The number of methoxy groups -OCH3 is 1. The highest BCUT2D eigenvalue weighted by atomic mass is 16.5. The predicted octanol–water partition coefficient (Wildman–Crippen LogP) is 0.688.